The minimum absolute atomic E-state index is 0.0678. The molecule has 5 nitrogen and oxygen atoms in total. The molecule has 6 heteroatoms. The van der Waals surface area contributed by atoms with E-state index < -0.39 is 5.91 Å². The van der Waals surface area contributed by atoms with E-state index in [9.17, 15) is 15.0 Å². The minimum atomic E-state index is -0.545. The van der Waals surface area contributed by atoms with E-state index in [0.717, 1.165) is 10.8 Å². The summed E-state index contributed by atoms with van der Waals surface area (Å²) in [6.45, 7) is 0. The monoisotopic (exact) mass is 384 g/mol. The molecular formula is C18H13BrN2O3. The van der Waals surface area contributed by atoms with Gasteiger partial charge in [0.15, 0.2) is 0 Å². The van der Waals surface area contributed by atoms with E-state index in [2.05, 4.69) is 26.5 Å². The van der Waals surface area contributed by atoms with Crippen molar-refractivity contribution in [1.82, 2.24) is 5.43 Å². The molecule has 0 heterocycles. The molecule has 0 bridgehead atoms. The highest BCUT2D eigenvalue weighted by atomic mass is 79.9. The van der Waals surface area contributed by atoms with Crippen LogP contribution in [0.2, 0.25) is 0 Å². The van der Waals surface area contributed by atoms with Gasteiger partial charge in [0.05, 0.1) is 11.8 Å². The fourth-order valence-corrected chi connectivity index (χ4v) is 2.68. The fourth-order valence-electron chi connectivity index (χ4n) is 2.33. The summed E-state index contributed by atoms with van der Waals surface area (Å²) >= 11 is 3.21. The summed E-state index contributed by atoms with van der Waals surface area (Å²) in [4.78, 5) is 12.1. The number of fused-ring (bicyclic) bond motifs is 1. The molecule has 3 rings (SSSR count). The van der Waals surface area contributed by atoms with Gasteiger partial charge in [-0.05, 0) is 35.0 Å². The Morgan fingerprint density at radius 3 is 2.62 bits per heavy atom. The summed E-state index contributed by atoms with van der Waals surface area (Å²) in [6.07, 6.45) is 1.38. The van der Waals surface area contributed by atoms with Crippen LogP contribution in [0, 0.1) is 0 Å². The molecule has 0 fully saturated rings. The van der Waals surface area contributed by atoms with Crippen molar-refractivity contribution in [2.24, 2.45) is 5.10 Å². The van der Waals surface area contributed by atoms with Crippen molar-refractivity contribution in [2.75, 3.05) is 0 Å². The van der Waals surface area contributed by atoms with Crippen LogP contribution in [0.3, 0.4) is 0 Å². The lowest BCUT2D eigenvalue weighted by Gasteiger charge is -2.05. The number of nitrogens with one attached hydrogen (secondary N) is 1. The first kappa shape index (κ1) is 16.0. The molecule has 0 saturated heterocycles. The van der Waals surface area contributed by atoms with Crippen LogP contribution < -0.4 is 5.43 Å². The van der Waals surface area contributed by atoms with Crippen molar-refractivity contribution in [3.05, 3.63) is 70.2 Å². The molecule has 0 aromatic heterocycles. The minimum Gasteiger partial charge on any atom is -0.507 e. The van der Waals surface area contributed by atoms with E-state index in [0.29, 0.717) is 10.0 Å². The van der Waals surface area contributed by atoms with Gasteiger partial charge >= 0.3 is 0 Å². The third-order valence-corrected chi connectivity index (χ3v) is 4.01. The molecule has 0 aliphatic heterocycles. The van der Waals surface area contributed by atoms with E-state index in [-0.39, 0.29) is 17.1 Å². The molecule has 0 radical (unpaired) electrons. The zero-order valence-corrected chi connectivity index (χ0v) is 14.0. The smallest absolute Gasteiger partial charge is 0.275 e. The maximum atomic E-state index is 12.1. The van der Waals surface area contributed by atoms with E-state index in [1.165, 1.54) is 18.3 Å². The number of hydrogen-bond donors (Lipinski definition) is 3. The zero-order chi connectivity index (χ0) is 17.1. The van der Waals surface area contributed by atoms with Gasteiger partial charge in [-0.2, -0.15) is 5.10 Å². The molecule has 120 valence electrons. The number of nitrogens with zero attached hydrogens (tertiary/aromatic N) is 1. The Morgan fingerprint density at radius 1 is 1.04 bits per heavy atom. The zero-order valence-electron chi connectivity index (χ0n) is 12.4. The average molecular weight is 385 g/mol. The molecule has 3 N–H and O–H groups in total. The van der Waals surface area contributed by atoms with Crippen molar-refractivity contribution in [3.63, 3.8) is 0 Å². The Hall–Kier alpha value is -2.86. The lowest BCUT2D eigenvalue weighted by molar-refractivity contribution is 0.0952. The topological polar surface area (TPSA) is 81.9 Å². The molecule has 0 aliphatic carbocycles. The quantitative estimate of drug-likeness (QED) is 0.474. The van der Waals surface area contributed by atoms with Crippen molar-refractivity contribution in [2.45, 2.75) is 0 Å². The molecule has 24 heavy (non-hydrogen) atoms. The Morgan fingerprint density at radius 2 is 1.83 bits per heavy atom. The number of aromatic hydroxyl groups is 2. The van der Waals surface area contributed by atoms with Gasteiger partial charge in [-0.1, -0.05) is 46.3 Å². The standard InChI is InChI=1S/C18H13BrN2O3/c19-12-6-7-14(17(23)9-12)18(24)21-20-10-15-13-4-2-1-3-11(13)5-8-16(15)22/h1-10,22-23H,(H,21,24)/b20-10-. The van der Waals surface area contributed by atoms with Crippen LogP contribution in [0.5, 0.6) is 11.5 Å². The number of carbonyl (C=O) groups excluding carboxylic acids is 1. The van der Waals surface area contributed by atoms with Crippen LogP contribution in [0.25, 0.3) is 10.8 Å². The highest BCUT2D eigenvalue weighted by Crippen LogP contribution is 2.25. The normalized spacial score (nSPS) is 11.0. The van der Waals surface area contributed by atoms with Gasteiger partial charge in [0.25, 0.3) is 5.91 Å². The van der Waals surface area contributed by atoms with Gasteiger partial charge in [-0.3, -0.25) is 4.79 Å². The van der Waals surface area contributed by atoms with Crippen LogP contribution in [0.15, 0.2) is 64.2 Å². The number of halogens is 1. The molecule has 3 aromatic carbocycles. The van der Waals surface area contributed by atoms with Crippen LogP contribution >= 0.6 is 15.9 Å². The van der Waals surface area contributed by atoms with E-state index >= 15 is 0 Å². The van der Waals surface area contributed by atoms with Crippen LogP contribution in [-0.4, -0.2) is 22.3 Å². The first-order valence-electron chi connectivity index (χ1n) is 7.09. The van der Waals surface area contributed by atoms with Gasteiger partial charge in [0.1, 0.15) is 11.5 Å². The summed E-state index contributed by atoms with van der Waals surface area (Å²) in [5.74, 6) is -0.626. The number of phenols is 2. The Kier molecular flexibility index (Phi) is 4.48. The molecule has 0 unspecified atom stereocenters. The van der Waals surface area contributed by atoms with E-state index in [1.807, 2.05) is 24.3 Å². The molecule has 0 saturated carbocycles. The van der Waals surface area contributed by atoms with Crippen molar-refractivity contribution in [3.8, 4) is 11.5 Å². The van der Waals surface area contributed by atoms with Crippen molar-refractivity contribution < 1.29 is 15.0 Å². The number of carbonyl (C=O) groups is 1. The highest BCUT2D eigenvalue weighted by molar-refractivity contribution is 9.10. The molecule has 0 aliphatic rings. The second-order valence-corrected chi connectivity index (χ2v) is 6.00. The van der Waals surface area contributed by atoms with Crippen molar-refractivity contribution in [1.29, 1.82) is 0 Å². The third kappa shape index (κ3) is 3.23. The van der Waals surface area contributed by atoms with E-state index in [1.54, 1.807) is 18.2 Å². The maximum Gasteiger partial charge on any atom is 0.275 e. The molecule has 1 amide bonds. The van der Waals surface area contributed by atoms with Crippen molar-refractivity contribution >= 4 is 38.8 Å². The summed E-state index contributed by atoms with van der Waals surface area (Å²) in [5, 5.41) is 25.5. The van der Waals surface area contributed by atoms with E-state index in [4.69, 9.17) is 0 Å². The second kappa shape index (κ2) is 6.72. The number of hydrazone groups is 1. The summed E-state index contributed by atoms with van der Waals surface area (Å²) in [5.41, 5.74) is 2.96. The third-order valence-electron chi connectivity index (χ3n) is 3.51. The van der Waals surface area contributed by atoms with Gasteiger partial charge in [0, 0.05) is 10.0 Å². The first-order chi connectivity index (χ1) is 11.6. The first-order valence-corrected chi connectivity index (χ1v) is 7.88. The molecule has 0 atom stereocenters. The van der Waals surface area contributed by atoms with Crippen LogP contribution in [-0.2, 0) is 0 Å². The summed E-state index contributed by atoms with van der Waals surface area (Å²) in [6, 6.07) is 15.5. The fraction of sp³-hybridized carbons (Fsp3) is 0. The molecular weight excluding hydrogens is 372 g/mol. The lowest BCUT2D eigenvalue weighted by Crippen LogP contribution is -2.17. The van der Waals surface area contributed by atoms with Gasteiger partial charge < -0.3 is 10.2 Å². The number of phenolic OH excluding ortho intramolecular Hbond substituents is 2. The second-order valence-electron chi connectivity index (χ2n) is 5.08. The van der Waals surface area contributed by atoms with Gasteiger partial charge in [0.2, 0.25) is 0 Å². The largest absolute Gasteiger partial charge is 0.507 e. The predicted octanol–water partition coefficient (Wildman–Crippen LogP) is 3.78. The van der Waals surface area contributed by atoms with Gasteiger partial charge in [-0.25, -0.2) is 5.43 Å². The number of benzene rings is 3. The lowest BCUT2D eigenvalue weighted by atomic mass is 10.0. The highest BCUT2D eigenvalue weighted by Gasteiger charge is 2.10. The number of amides is 1. The Bertz CT molecular complexity index is 954. The average Bonchev–Trinajstić information content (AvgIpc) is 2.56. The summed E-state index contributed by atoms with van der Waals surface area (Å²) < 4.78 is 0.667. The molecule has 0 spiro atoms. The van der Waals surface area contributed by atoms with Gasteiger partial charge in [-0.15, -0.1) is 0 Å². The Balaban J connectivity index is 1.84. The maximum absolute atomic E-state index is 12.1. The number of rotatable bonds is 3. The predicted molar refractivity (Wildman–Crippen MR) is 96.5 cm³/mol. The SMILES string of the molecule is O=C(N/N=C\c1c(O)ccc2ccccc12)c1ccc(Br)cc1O. The van der Waals surface area contributed by atoms with Crippen LogP contribution in [0.1, 0.15) is 15.9 Å². The summed E-state index contributed by atoms with van der Waals surface area (Å²) in [7, 11) is 0. The number of hydrogen-bond acceptors (Lipinski definition) is 4. The van der Waals surface area contributed by atoms with Crippen LogP contribution in [0.4, 0.5) is 0 Å². The molecule has 3 aromatic rings. The Labute approximate surface area is 146 Å².